The summed E-state index contributed by atoms with van der Waals surface area (Å²) < 4.78 is 22.3. The number of benzene rings is 2. The van der Waals surface area contributed by atoms with Crippen LogP contribution in [0.1, 0.15) is 96.6 Å². The molecule has 3 rings (SSSR count). The van der Waals surface area contributed by atoms with Gasteiger partial charge in [-0.05, 0) is 77.3 Å². The van der Waals surface area contributed by atoms with Crippen molar-refractivity contribution in [2.75, 3.05) is 26.4 Å². The predicted molar refractivity (Wildman–Crippen MR) is 187 cm³/mol. The molecule has 49 heavy (non-hydrogen) atoms. The molecule has 0 heterocycles. The Balaban J connectivity index is 1.25. The predicted octanol–water partition coefficient (Wildman–Crippen LogP) is 6.05. The van der Waals surface area contributed by atoms with Crippen LogP contribution in [0.5, 0.6) is 0 Å². The summed E-state index contributed by atoms with van der Waals surface area (Å²) in [6.07, 6.45) is 5.19. The average Bonchev–Trinajstić information content (AvgIpc) is 3.34. The quantitative estimate of drug-likeness (QED) is 0.0983. The van der Waals surface area contributed by atoms with E-state index in [1.54, 1.807) is 0 Å². The Morgan fingerprint density at radius 2 is 1.22 bits per heavy atom. The molecule has 2 amide bonds. The molecule has 0 bridgehead atoms. The largest absolute Gasteiger partial charge is 0.461 e. The molecule has 0 aliphatic heterocycles. The molecule has 0 saturated heterocycles. The molecule has 2 N–H and O–H groups in total. The zero-order chi connectivity index (χ0) is 35.5. The third kappa shape index (κ3) is 16.5. The third-order valence-corrected chi connectivity index (χ3v) is 8.80. The van der Waals surface area contributed by atoms with Crippen molar-refractivity contribution in [3.05, 3.63) is 71.8 Å². The molecule has 2 atom stereocenters. The summed E-state index contributed by atoms with van der Waals surface area (Å²) in [5, 5.41) is 6.14. The van der Waals surface area contributed by atoms with Crippen molar-refractivity contribution in [3.8, 4) is 0 Å². The highest BCUT2D eigenvalue weighted by molar-refractivity contribution is 5.80. The average molecular weight is 681 g/mol. The SMILES string of the molecule is CC(C)(CCOC(C)(C)CCC(=O)OCc1ccccc1)NC(=O)C1CCCC(C(=O)NCCOCCC(=O)OCc2ccccc2)CC1. The van der Waals surface area contributed by atoms with E-state index in [0.717, 1.165) is 30.4 Å². The topological polar surface area (TPSA) is 129 Å². The van der Waals surface area contributed by atoms with Gasteiger partial charge in [-0.3, -0.25) is 19.2 Å². The van der Waals surface area contributed by atoms with Crippen LogP contribution in [-0.4, -0.2) is 61.3 Å². The van der Waals surface area contributed by atoms with Gasteiger partial charge in [0, 0.05) is 36.9 Å². The fourth-order valence-electron chi connectivity index (χ4n) is 5.65. The van der Waals surface area contributed by atoms with E-state index in [-0.39, 0.29) is 68.3 Å². The maximum absolute atomic E-state index is 13.2. The Labute approximate surface area is 292 Å². The molecule has 0 radical (unpaired) electrons. The highest BCUT2D eigenvalue weighted by atomic mass is 16.5. The van der Waals surface area contributed by atoms with E-state index < -0.39 is 11.1 Å². The molecular weight excluding hydrogens is 624 g/mol. The number of nitrogens with one attached hydrogen (secondary N) is 2. The molecule has 1 aliphatic carbocycles. The lowest BCUT2D eigenvalue weighted by molar-refractivity contribution is -0.147. The minimum absolute atomic E-state index is 0.0159. The highest BCUT2D eigenvalue weighted by Crippen LogP contribution is 2.28. The van der Waals surface area contributed by atoms with Gasteiger partial charge in [-0.25, -0.2) is 0 Å². The molecule has 0 spiro atoms. The van der Waals surface area contributed by atoms with E-state index in [1.807, 2.05) is 88.4 Å². The fraction of sp³-hybridized carbons (Fsp3) is 0.590. The lowest BCUT2D eigenvalue weighted by Crippen LogP contribution is -2.47. The van der Waals surface area contributed by atoms with Crippen LogP contribution in [0.25, 0.3) is 0 Å². The Morgan fingerprint density at radius 1 is 0.673 bits per heavy atom. The molecule has 2 unspecified atom stereocenters. The van der Waals surface area contributed by atoms with Gasteiger partial charge >= 0.3 is 11.9 Å². The first-order chi connectivity index (χ1) is 23.4. The zero-order valence-electron chi connectivity index (χ0n) is 29.8. The zero-order valence-corrected chi connectivity index (χ0v) is 29.8. The number of amides is 2. The van der Waals surface area contributed by atoms with Crippen molar-refractivity contribution < 1.29 is 38.1 Å². The van der Waals surface area contributed by atoms with E-state index in [1.165, 1.54) is 0 Å². The van der Waals surface area contributed by atoms with Crippen LogP contribution in [0.15, 0.2) is 60.7 Å². The maximum atomic E-state index is 13.2. The van der Waals surface area contributed by atoms with Crippen molar-refractivity contribution in [3.63, 3.8) is 0 Å². The minimum atomic E-state index is -0.508. The Hall–Kier alpha value is -3.76. The number of hydrogen-bond acceptors (Lipinski definition) is 8. The Morgan fingerprint density at radius 3 is 1.82 bits per heavy atom. The third-order valence-electron chi connectivity index (χ3n) is 8.80. The number of rotatable bonds is 20. The van der Waals surface area contributed by atoms with E-state index in [9.17, 15) is 19.2 Å². The molecule has 10 heteroatoms. The molecule has 1 saturated carbocycles. The second-order valence-electron chi connectivity index (χ2n) is 14.1. The van der Waals surface area contributed by atoms with Crippen molar-refractivity contribution >= 4 is 23.8 Å². The second kappa shape index (κ2) is 20.7. The minimum Gasteiger partial charge on any atom is -0.461 e. The molecule has 0 aromatic heterocycles. The summed E-state index contributed by atoms with van der Waals surface area (Å²) in [6.45, 7) is 9.75. The highest BCUT2D eigenvalue weighted by Gasteiger charge is 2.31. The van der Waals surface area contributed by atoms with E-state index in [0.29, 0.717) is 45.4 Å². The summed E-state index contributed by atoms with van der Waals surface area (Å²) in [5.41, 5.74) is 0.911. The van der Waals surface area contributed by atoms with E-state index in [2.05, 4.69) is 10.6 Å². The molecule has 1 fully saturated rings. The van der Waals surface area contributed by atoms with Gasteiger partial charge in [-0.15, -0.1) is 0 Å². The summed E-state index contributed by atoms with van der Waals surface area (Å²) in [5.74, 6) is -0.849. The molecule has 10 nitrogen and oxygen atoms in total. The first-order valence-corrected chi connectivity index (χ1v) is 17.6. The summed E-state index contributed by atoms with van der Waals surface area (Å²) in [6, 6.07) is 19.1. The number of ether oxygens (including phenoxy) is 4. The Bertz CT molecular complexity index is 1300. The standard InChI is InChI=1S/C39H56N2O8/c1-38(2,23-26-49-39(3,4)22-20-34(42)47-28-30-12-7-5-8-13-30)41-37(45)33-17-11-16-32(18-19-33)36(44)40-24-27-46-25-21-35(43)48-29-31-14-9-6-10-15-31/h5-10,12-15,32-33H,11,16-29H2,1-4H3,(H,40,44)(H,41,45). The van der Waals surface area contributed by atoms with Gasteiger partial charge < -0.3 is 29.6 Å². The number of carbonyl (C=O) groups is 4. The lowest BCUT2D eigenvalue weighted by Gasteiger charge is -2.31. The molecule has 1 aliphatic rings. The van der Waals surface area contributed by atoms with Crippen molar-refractivity contribution in [2.45, 2.75) is 110 Å². The van der Waals surface area contributed by atoms with Crippen LogP contribution in [0, 0.1) is 11.8 Å². The van der Waals surface area contributed by atoms with Crippen molar-refractivity contribution in [1.29, 1.82) is 0 Å². The van der Waals surface area contributed by atoms with Crippen LogP contribution in [-0.2, 0) is 51.3 Å². The summed E-state index contributed by atoms with van der Waals surface area (Å²) in [4.78, 5) is 50.2. The van der Waals surface area contributed by atoms with E-state index in [4.69, 9.17) is 18.9 Å². The van der Waals surface area contributed by atoms with Crippen molar-refractivity contribution in [1.82, 2.24) is 10.6 Å². The second-order valence-corrected chi connectivity index (χ2v) is 14.1. The van der Waals surface area contributed by atoms with Gasteiger partial charge in [0.2, 0.25) is 11.8 Å². The summed E-state index contributed by atoms with van der Waals surface area (Å²) >= 11 is 0. The van der Waals surface area contributed by atoms with Gasteiger partial charge in [-0.1, -0.05) is 67.1 Å². The van der Waals surface area contributed by atoms with Gasteiger partial charge in [0.05, 0.1) is 25.2 Å². The Kier molecular flexibility index (Phi) is 16.7. The lowest BCUT2D eigenvalue weighted by atomic mass is 9.94. The smallest absolute Gasteiger partial charge is 0.308 e. The fourth-order valence-corrected chi connectivity index (χ4v) is 5.65. The van der Waals surface area contributed by atoms with Crippen LogP contribution in [0.4, 0.5) is 0 Å². The first-order valence-electron chi connectivity index (χ1n) is 17.6. The molecule has 2 aromatic rings. The molecular formula is C39H56N2O8. The number of hydrogen-bond donors (Lipinski definition) is 2. The normalized spacial score (nSPS) is 16.7. The van der Waals surface area contributed by atoms with Gasteiger partial charge in [-0.2, -0.15) is 0 Å². The van der Waals surface area contributed by atoms with Crippen LogP contribution < -0.4 is 10.6 Å². The first kappa shape index (κ1) is 39.7. The maximum Gasteiger partial charge on any atom is 0.308 e. The monoisotopic (exact) mass is 680 g/mol. The van der Waals surface area contributed by atoms with Gasteiger partial charge in [0.1, 0.15) is 13.2 Å². The van der Waals surface area contributed by atoms with Crippen molar-refractivity contribution in [2.24, 2.45) is 11.8 Å². The van der Waals surface area contributed by atoms with Gasteiger partial charge in [0.15, 0.2) is 0 Å². The number of carbonyl (C=O) groups excluding carboxylic acids is 4. The van der Waals surface area contributed by atoms with Crippen LogP contribution >= 0.6 is 0 Å². The van der Waals surface area contributed by atoms with Crippen LogP contribution in [0.3, 0.4) is 0 Å². The number of esters is 2. The van der Waals surface area contributed by atoms with Gasteiger partial charge in [0.25, 0.3) is 0 Å². The van der Waals surface area contributed by atoms with E-state index >= 15 is 0 Å². The molecule has 270 valence electrons. The van der Waals surface area contributed by atoms with Crippen LogP contribution in [0.2, 0.25) is 0 Å². The molecule has 2 aromatic carbocycles. The summed E-state index contributed by atoms with van der Waals surface area (Å²) in [7, 11) is 0.